The zero-order valence-electron chi connectivity index (χ0n) is 16.0. The second kappa shape index (κ2) is 10.3. The monoisotopic (exact) mass is 374 g/mol. The van der Waals surface area contributed by atoms with Crippen molar-refractivity contribution in [2.24, 2.45) is 0 Å². The number of aromatic nitrogens is 2. The summed E-state index contributed by atoms with van der Waals surface area (Å²) in [6.45, 7) is 5.40. The number of hydrogen-bond donors (Lipinski definition) is 2. The Kier molecular flexibility index (Phi) is 7.50. The molecule has 7 heteroatoms. The lowest BCUT2D eigenvalue weighted by molar-refractivity contribution is 0.0753. The average Bonchev–Trinajstić information content (AvgIpc) is 3.38. The number of benzene rings is 1. The summed E-state index contributed by atoms with van der Waals surface area (Å²) in [5, 5.41) is 17.9. The van der Waals surface area contributed by atoms with Gasteiger partial charge < -0.3 is 24.8 Å². The molecular weight excluding hydrogens is 344 g/mol. The van der Waals surface area contributed by atoms with Gasteiger partial charge in [0.15, 0.2) is 0 Å². The second-order valence-electron chi connectivity index (χ2n) is 6.89. The van der Waals surface area contributed by atoms with Crippen LogP contribution in [-0.2, 0) is 13.1 Å². The Morgan fingerprint density at radius 3 is 2.89 bits per heavy atom. The Hall–Kier alpha value is -2.09. The lowest BCUT2D eigenvalue weighted by Gasteiger charge is -2.20. The topological polar surface area (TPSA) is 71.8 Å². The Morgan fingerprint density at radius 1 is 1.30 bits per heavy atom. The number of rotatable bonds is 11. The third-order valence-corrected chi connectivity index (χ3v) is 4.77. The van der Waals surface area contributed by atoms with Crippen molar-refractivity contribution < 1.29 is 14.6 Å². The van der Waals surface area contributed by atoms with Crippen LogP contribution in [0.15, 0.2) is 36.7 Å². The molecule has 2 N–H and O–H groups in total. The maximum absolute atomic E-state index is 10.3. The van der Waals surface area contributed by atoms with Crippen LogP contribution in [0.3, 0.4) is 0 Å². The van der Waals surface area contributed by atoms with Gasteiger partial charge in [-0.15, -0.1) is 0 Å². The van der Waals surface area contributed by atoms with Crippen molar-refractivity contribution in [2.45, 2.75) is 32.0 Å². The van der Waals surface area contributed by atoms with E-state index in [4.69, 9.17) is 9.47 Å². The van der Waals surface area contributed by atoms with Crippen LogP contribution in [-0.4, -0.2) is 65.8 Å². The maximum atomic E-state index is 10.3. The van der Waals surface area contributed by atoms with Gasteiger partial charge >= 0.3 is 0 Å². The number of nitrogens with zero attached hydrogens (tertiary/aromatic N) is 3. The minimum Gasteiger partial charge on any atom is -0.497 e. The van der Waals surface area contributed by atoms with E-state index in [0.29, 0.717) is 13.1 Å². The molecule has 0 bridgehead atoms. The molecule has 0 radical (unpaired) electrons. The fraction of sp³-hybridized carbons (Fsp3) is 0.550. The van der Waals surface area contributed by atoms with Crippen molar-refractivity contribution in [2.75, 3.05) is 39.9 Å². The zero-order chi connectivity index (χ0) is 18.9. The number of likely N-dealkylation sites (tertiary alicyclic amines) is 1. The van der Waals surface area contributed by atoms with Crippen molar-refractivity contribution in [3.63, 3.8) is 0 Å². The Bertz CT molecular complexity index is 672. The first kappa shape index (κ1) is 19.7. The molecule has 7 nitrogen and oxygen atoms in total. The number of ether oxygens (including phenoxy) is 2. The normalized spacial score (nSPS) is 15.8. The number of β-amino-alcohol motifs (C(OH)–C–C–N with tert-alkyl or cyclic N) is 1. The van der Waals surface area contributed by atoms with Crippen LogP contribution in [0.4, 0.5) is 0 Å². The van der Waals surface area contributed by atoms with Gasteiger partial charge in [-0.05, 0) is 38.1 Å². The highest BCUT2D eigenvalue weighted by Crippen LogP contribution is 2.25. The molecule has 3 rings (SSSR count). The average molecular weight is 374 g/mol. The molecule has 148 valence electrons. The third kappa shape index (κ3) is 6.23. The SMILES string of the molecule is COc1ccc(CNCCn2cccn2)c(OCC(O)CN2CCCC2)c1. The fourth-order valence-electron chi connectivity index (χ4n) is 3.29. The van der Waals surface area contributed by atoms with Gasteiger partial charge in [-0.2, -0.15) is 5.10 Å². The highest BCUT2D eigenvalue weighted by molar-refractivity contribution is 5.40. The molecule has 1 aromatic heterocycles. The molecule has 1 unspecified atom stereocenters. The molecule has 1 aliphatic rings. The zero-order valence-corrected chi connectivity index (χ0v) is 16.0. The molecule has 0 spiro atoms. The number of nitrogens with one attached hydrogen (secondary N) is 1. The van der Waals surface area contributed by atoms with Gasteiger partial charge in [-0.1, -0.05) is 6.07 Å². The summed E-state index contributed by atoms with van der Waals surface area (Å²) in [6, 6.07) is 7.73. The van der Waals surface area contributed by atoms with E-state index in [9.17, 15) is 5.11 Å². The summed E-state index contributed by atoms with van der Waals surface area (Å²) in [7, 11) is 1.64. The molecule has 1 atom stereocenters. The van der Waals surface area contributed by atoms with Crippen molar-refractivity contribution in [3.8, 4) is 11.5 Å². The summed E-state index contributed by atoms with van der Waals surface area (Å²) in [5.41, 5.74) is 1.05. The molecule has 2 heterocycles. The molecule has 1 fully saturated rings. The smallest absolute Gasteiger partial charge is 0.127 e. The van der Waals surface area contributed by atoms with Crippen LogP contribution >= 0.6 is 0 Å². The van der Waals surface area contributed by atoms with Crippen molar-refractivity contribution >= 4 is 0 Å². The summed E-state index contributed by atoms with van der Waals surface area (Å²) in [6.07, 6.45) is 5.68. The first-order chi connectivity index (χ1) is 13.2. The third-order valence-electron chi connectivity index (χ3n) is 4.77. The largest absolute Gasteiger partial charge is 0.497 e. The van der Waals surface area contributed by atoms with Gasteiger partial charge in [0.1, 0.15) is 24.2 Å². The van der Waals surface area contributed by atoms with E-state index < -0.39 is 6.10 Å². The van der Waals surface area contributed by atoms with E-state index >= 15 is 0 Å². The van der Waals surface area contributed by atoms with Gasteiger partial charge in [-0.25, -0.2) is 0 Å². The molecule has 2 aromatic rings. The lowest BCUT2D eigenvalue weighted by Crippen LogP contribution is -2.33. The highest BCUT2D eigenvalue weighted by Gasteiger charge is 2.17. The van der Waals surface area contributed by atoms with E-state index in [1.165, 1.54) is 12.8 Å². The highest BCUT2D eigenvalue weighted by atomic mass is 16.5. The molecule has 1 saturated heterocycles. The first-order valence-corrected chi connectivity index (χ1v) is 9.63. The first-order valence-electron chi connectivity index (χ1n) is 9.63. The molecule has 1 aromatic carbocycles. The van der Waals surface area contributed by atoms with Crippen molar-refractivity contribution in [1.82, 2.24) is 20.0 Å². The minimum atomic E-state index is -0.491. The Balaban J connectivity index is 1.50. The van der Waals surface area contributed by atoms with E-state index in [-0.39, 0.29) is 6.61 Å². The second-order valence-corrected chi connectivity index (χ2v) is 6.89. The van der Waals surface area contributed by atoms with Crippen LogP contribution in [0, 0.1) is 0 Å². The summed E-state index contributed by atoms with van der Waals surface area (Å²) >= 11 is 0. The Morgan fingerprint density at radius 2 is 2.15 bits per heavy atom. The van der Waals surface area contributed by atoms with Crippen LogP contribution < -0.4 is 14.8 Å². The summed E-state index contributed by atoms with van der Waals surface area (Å²) in [5.74, 6) is 1.50. The Labute approximate surface area is 160 Å². The van der Waals surface area contributed by atoms with Crippen LogP contribution in [0.25, 0.3) is 0 Å². The van der Waals surface area contributed by atoms with Gasteiger partial charge in [-0.3, -0.25) is 4.68 Å². The van der Waals surface area contributed by atoms with Crippen LogP contribution in [0.2, 0.25) is 0 Å². The number of aliphatic hydroxyl groups excluding tert-OH is 1. The molecular formula is C20H30N4O3. The number of hydrogen-bond acceptors (Lipinski definition) is 6. The standard InChI is InChI=1S/C20H30N4O3/c1-26-19-6-5-17(14-21-8-12-24-11-4-7-22-24)20(13-19)27-16-18(25)15-23-9-2-3-10-23/h4-7,11,13,18,21,25H,2-3,8-10,12,14-16H2,1H3. The molecule has 0 saturated carbocycles. The summed E-state index contributed by atoms with van der Waals surface area (Å²) < 4.78 is 13.2. The van der Waals surface area contributed by atoms with Gasteiger partial charge in [0.2, 0.25) is 0 Å². The van der Waals surface area contributed by atoms with E-state index in [1.54, 1.807) is 13.3 Å². The van der Waals surface area contributed by atoms with Gasteiger partial charge in [0.25, 0.3) is 0 Å². The quantitative estimate of drug-likeness (QED) is 0.581. The van der Waals surface area contributed by atoms with Crippen molar-refractivity contribution in [3.05, 3.63) is 42.2 Å². The predicted molar refractivity (Wildman–Crippen MR) is 104 cm³/mol. The van der Waals surface area contributed by atoms with Crippen LogP contribution in [0.5, 0.6) is 11.5 Å². The van der Waals surface area contributed by atoms with E-state index in [0.717, 1.165) is 43.2 Å². The van der Waals surface area contributed by atoms with E-state index in [1.807, 2.05) is 35.1 Å². The summed E-state index contributed by atoms with van der Waals surface area (Å²) in [4.78, 5) is 2.29. The predicted octanol–water partition coefficient (Wildman–Crippen LogP) is 1.52. The van der Waals surface area contributed by atoms with Crippen molar-refractivity contribution in [1.29, 1.82) is 0 Å². The molecule has 0 aliphatic carbocycles. The fourth-order valence-corrected chi connectivity index (χ4v) is 3.29. The molecule has 0 amide bonds. The molecule has 1 aliphatic heterocycles. The van der Waals surface area contributed by atoms with E-state index in [2.05, 4.69) is 15.3 Å². The van der Waals surface area contributed by atoms with Gasteiger partial charge in [0.05, 0.1) is 13.7 Å². The van der Waals surface area contributed by atoms with Gasteiger partial charge in [0, 0.05) is 43.7 Å². The lowest BCUT2D eigenvalue weighted by atomic mass is 10.2. The minimum absolute atomic E-state index is 0.282. The molecule has 27 heavy (non-hydrogen) atoms. The number of methoxy groups -OCH3 is 1. The maximum Gasteiger partial charge on any atom is 0.127 e. The number of aliphatic hydroxyl groups is 1. The van der Waals surface area contributed by atoms with Crippen LogP contribution in [0.1, 0.15) is 18.4 Å².